The standard InChI is InChI=1S/C10H14O2/c1-3-5-6-7-9-12-10(11)8-4-2/h3-4,6-8H,1,5,9H2,2H3/b7-6-,8-4+. The zero-order valence-electron chi connectivity index (χ0n) is 7.32. The first-order chi connectivity index (χ1) is 5.81. The van der Waals surface area contributed by atoms with Crippen LogP contribution in [0, 0.1) is 0 Å². The molecule has 66 valence electrons. The van der Waals surface area contributed by atoms with Crippen molar-refractivity contribution in [3.05, 3.63) is 37.0 Å². The molecule has 12 heavy (non-hydrogen) atoms. The van der Waals surface area contributed by atoms with E-state index in [2.05, 4.69) is 6.58 Å². The fourth-order valence-electron chi connectivity index (χ4n) is 0.575. The number of hydrogen-bond acceptors (Lipinski definition) is 2. The van der Waals surface area contributed by atoms with Gasteiger partial charge in [0.2, 0.25) is 0 Å². The molecule has 0 aromatic rings. The normalized spacial score (nSPS) is 10.8. The number of esters is 1. The van der Waals surface area contributed by atoms with Crippen LogP contribution in [-0.2, 0) is 9.53 Å². The molecule has 0 radical (unpaired) electrons. The second kappa shape index (κ2) is 7.79. The first-order valence-electron chi connectivity index (χ1n) is 3.86. The van der Waals surface area contributed by atoms with Gasteiger partial charge in [0.05, 0.1) is 0 Å². The van der Waals surface area contributed by atoms with Gasteiger partial charge in [-0.2, -0.15) is 0 Å². The van der Waals surface area contributed by atoms with Gasteiger partial charge >= 0.3 is 5.97 Å². The summed E-state index contributed by atoms with van der Waals surface area (Å²) < 4.78 is 4.78. The van der Waals surface area contributed by atoms with Gasteiger partial charge in [-0.15, -0.1) is 6.58 Å². The maximum absolute atomic E-state index is 10.7. The van der Waals surface area contributed by atoms with Crippen molar-refractivity contribution in [2.24, 2.45) is 0 Å². The molecule has 0 fully saturated rings. The van der Waals surface area contributed by atoms with Crippen molar-refractivity contribution < 1.29 is 9.53 Å². The predicted molar refractivity (Wildman–Crippen MR) is 49.7 cm³/mol. The van der Waals surface area contributed by atoms with Crippen LogP contribution in [0.25, 0.3) is 0 Å². The van der Waals surface area contributed by atoms with Gasteiger partial charge in [0.25, 0.3) is 0 Å². The Kier molecular flexibility index (Phi) is 6.94. The van der Waals surface area contributed by atoms with Crippen molar-refractivity contribution in [1.82, 2.24) is 0 Å². The Morgan fingerprint density at radius 2 is 2.25 bits per heavy atom. The van der Waals surface area contributed by atoms with Gasteiger partial charge in [-0.25, -0.2) is 4.79 Å². The second-order valence-electron chi connectivity index (χ2n) is 2.13. The molecule has 2 nitrogen and oxygen atoms in total. The zero-order chi connectivity index (χ0) is 9.23. The van der Waals surface area contributed by atoms with E-state index in [1.165, 1.54) is 6.08 Å². The van der Waals surface area contributed by atoms with Crippen LogP contribution in [0.4, 0.5) is 0 Å². The van der Waals surface area contributed by atoms with Crippen LogP contribution in [0.15, 0.2) is 37.0 Å². The quantitative estimate of drug-likeness (QED) is 0.355. The lowest BCUT2D eigenvalue weighted by atomic mass is 10.4. The Bertz CT molecular complexity index is 190. The van der Waals surface area contributed by atoms with E-state index in [9.17, 15) is 4.79 Å². The van der Waals surface area contributed by atoms with Crippen LogP contribution in [0.3, 0.4) is 0 Å². The van der Waals surface area contributed by atoms with Crippen LogP contribution in [-0.4, -0.2) is 12.6 Å². The summed E-state index contributed by atoms with van der Waals surface area (Å²) in [6, 6.07) is 0. The van der Waals surface area contributed by atoms with Gasteiger partial charge in [-0.3, -0.25) is 0 Å². The molecule has 0 bridgehead atoms. The lowest BCUT2D eigenvalue weighted by Crippen LogP contribution is -1.99. The van der Waals surface area contributed by atoms with Gasteiger partial charge in [-0.1, -0.05) is 24.3 Å². The van der Waals surface area contributed by atoms with Gasteiger partial charge in [-0.05, 0) is 13.3 Å². The number of allylic oxidation sites excluding steroid dienone is 3. The van der Waals surface area contributed by atoms with E-state index in [0.717, 1.165) is 6.42 Å². The van der Waals surface area contributed by atoms with Crippen molar-refractivity contribution in [1.29, 1.82) is 0 Å². The lowest BCUT2D eigenvalue weighted by Gasteiger charge is -1.94. The minimum atomic E-state index is -0.305. The topological polar surface area (TPSA) is 26.3 Å². The van der Waals surface area contributed by atoms with Gasteiger partial charge < -0.3 is 4.74 Å². The average Bonchev–Trinajstić information content (AvgIpc) is 2.05. The Hall–Kier alpha value is -1.31. The summed E-state index contributed by atoms with van der Waals surface area (Å²) in [6.45, 7) is 5.66. The van der Waals surface area contributed by atoms with Gasteiger partial charge in [0.1, 0.15) is 6.61 Å². The molecule has 0 spiro atoms. The van der Waals surface area contributed by atoms with E-state index in [0.29, 0.717) is 6.61 Å². The second-order valence-corrected chi connectivity index (χ2v) is 2.13. The summed E-state index contributed by atoms with van der Waals surface area (Å²) in [5, 5.41) is 0. The van der Waals surface area contributed by atoms with Gasteiger partial charge in [0.15, 0.2) is 0 Å². The highest BCUT2D eigenvalue weighted by Gasteiger charge is 1.90. The zero-order valence-corrected chi connectivity index (χ0v) is 7.32. The average molecular weight is 166 g/mol. The van der Waals surface area contributed by atoms with E-state index in [1.54, 1.807) is 25.2 Å². The van der Waals surface area contributed by atoms with Crippen LogP contribution >= 0.6 is 0 Å². The molecule has 0 aromatic heterocycles. The Morgan fingerprint density at radius 3 is 2.83 bits per heavy atom. The van der Waals surface area contributed by atoms with Crippen LogP contribution in [0.1, 0.15) is 13.3 Å². The van der Waals surface area contributed by atoms with Crippen LogP contribution in [0.5, 0.6) is 0 Å². The van der Waals surface area contributed by atoms with Gasteiger partial charge in [0, 0.05) is 6.08 Å². The molecule has 0 atom stereocenters. The molecule has 0 rings (SSSR count). The van der Waals surface area contributed by atoms with Crippen molar-refractivity contribution in [3.8, 4) is 0 Å². The summed E-state index contributed by atoms with van der Waals surface area (Å²) in [5.41, 5.74) is 0. The van der Waals surface area contributed by atoms with Crippen LogP contribution in [0.2, 0.25) is 0 Å². The molecule has 2 heteroatoms. The predicted octanol–water partition coefficient (Wildman–Crippen LogP) is 2.24. The number of ether oxygens (including phenoxy) is 1. The molecule has 0 aliphatic heterocycles. The summed E-state index contributed by atoms with van der Waals surface area (Å²) >= 11 is 0. The maximum Gasteiger partial charge on any atom is 0.330 e. The molecule has 0 saturated carbocycles. The number of rotatable bonds is 5. The number of carbonyl (C=O) groups is 1. The Balaban J connectivity index is 3.42. The number of hydrogen-bond donors (Lipinski definition) is 0. The maximum atomic E-state index is 10.7. The van der Waals surface area contributed by atoms with E-state index >= 15 is 0 Å². The smallest absolute Gasteiger partial charge is 0.330 e. The fraction of sp³-hybridized carbons (Fsp3) is 0.300. The molecule has 0 saturated heterocycles. The molecule has 0 amide bonds. The number of carbonyl (C=O) groups excluding carboxylic acids is 1. The van der Waals surface area contributed by atoms with Crippen molar-refractivity contribution in [3.63, 3.8) is 0 Å². The highest BCUT2D eigenvalue weighted by atomic mass is 16.5. The van der Waals surface area contributed by atoms with E-state index in [1.807, 2.05) is 6.08 Å². The van der Waals surface area contributed by atoms with Crippen LogP contribution < -0.4 is 0 Å². The van der Waals surface area contributed by atoms with E-state index < -0.39 is 0 Å². The van der Waals surface area contributed by atoms with E-state index in [4.69, 9.17) is 4.74 Å². The highest BCUT2D eigenvalue weighted by Crippen LogP contribution is 1.86. The SMILES string of the molecule is C=CC/C=C\COC(=O)/C=C/C. The first kappa shape index (κ1) is 10.7. The highest BCUT2D eigenvalue weighted by molar-refractivity contribution is 5.81. The molecular weight excluding hydrogens is 152 g/mol. The summed E-state index contributed by atoms with van der Waals surface area (Å²) in [6.07, 6.45) is 9.32. The summed E-state index contributed by atoms with van der Waals surface area (Å²) in [4.78, 5) is 10.7. The summed E-state index contributed by atoms with van der Waals surface area (Å²) in [7, 11) is 0. The third-order valence-electron chi connectivity index (χ3n) is 1.09. The lowest BCUT2D eigenvalue weighted by molar-refractivity contribution is -0.136. The molecule has 0 N–H and O–H groups in total. The molecule has 0 aromatic carbocycles. The van der Waals surface area contributed by atoms with Crippen molar-refractivity contribution in [2.75, 3.05) is 6.61 Å². The minimum Gasteiger partial charge on any atom is -0.458 e. The van der Waals surface area contributed by atoms with Crippen molar-refractivity contribution in [2.45, 2.75) is 13.3 Å². The first-order valence-corrected chi connectivity index (χ1v) is 3.86. The third-order valence-corrected chi connectivity index (χ3v) is 1.09. The molecular formula is C10H14O2. The Labute approximate surface area is 73.2 Å². The fourth-order valence-corrected chi connectivity index (χ4v) is 0.575. The van der Waals surface area contributed by atoms with E-state index in [-0.39, 0.29) is 5.97 Å². The molecule has 0 unspecified atom stereocenters. The summed E-state index contributed by atoms with van der Waals surface area (Å²) in [5.74, 6) is -0.305. The molecule has 0 aliphatic rings. The monoisotopic (exact) mass is 166 g/mol. The largest absolute Gasteiger partial charge is 0.458 e. The van der Waals surface area contributed by atoms with Crippen molar-refractivity contribution >= 4 is 5.97 Å². The molecule has 0 heterocycles. The molecule has 0 aliphatic carbocycles. The Morgan fingerprint density at radius 1 is 1.50 bits per heavy atom. The minimum absolute atomic E-state index is 0.305. The third kappa shape index (κ3) is 6.81.